The number of unbranched alkanes of at least 4 members (excludes halogenated alkanes) is 26. The second-order valence-corrected chi connectivity index (χ2v) is 11.1. The normalized spacial score (nSPS) is 11.2. The first-order valence-electron chi connectivity index (χ1n) is 16.6. The highest BCUT2D eigenvalue weighted by Gasteiger charge is 2.01. The fourth-order valence-electron chi connectivity index (χ4n) is 5.09. The van der Waals surface area contributed by atoms with Gasteiger partial charge in [0.05, 0.1) is 0 Å². The molecule has 0 saturated heterocycles. The van der Waals surface area contributed by atoms with Gasteiger partial charge in [0, 0.05) is 13.1 Å². The Labute approximate surface area is 228 Å². The molecule has 36 heavy (non-hydrogen) atoms. The third-order valence-corrected chi connectivity index (χ3v) is 7.54. The van der Waals surface area contributed by atoms with Crippen molar-refractivity contribution in [3.05, 3.63) is 0 Å². The van der Waals surface area contributed by atoms with Crippen molar-refractivity contribution in [1.82, 2.24) is 5.06 Å². The van der Waals surface area contributed by atoms with Crippen molar-refractivity contribution in [3.63, 3.8) is 0 Å². The van der Waals surface area contributed by atoms with Crippen molar-refractivity contribution in [1.29, 1.82) is 0 Å². The molecular formula is C32H71N3O. The van der Waals surface area contributed by atoms with Crippen molar-refractivity contribution >= 4 is 0 Å². The summed E-state index contributed by atoms with van der Waals surface area (Å²) in [6, 6.07) is 0. The number of hydrogen-bond acceptors (Lipinski definition) is 4. The van der Waals surface area contributed by atoms with E-state index in [-0.39, 0.29) is 0 Å². The molecule has 0 aromatic carbocycles. The Morgan fingerprint density at radius 3 is 0.694 bits per heavy atom. The predicted molar refractivity (Wildman–Crippen MR) is 162 cm³/mol. The molecule has 0 radical (unpaired) electrons. The Bertz CT molecular complexity index is 322. The maximum atomic E-state index is 10.1. The van der Waals surface area contributed by atoms with E-state index in [1.54, 1.807) is 5.06 Å². The van der Waals surface area contributed by atoms with Crippen molar-refractivity contribution in [2.75, 3.05) is 13.1 Å². The van der Waals surface area contributed by atoms with E-state index >= 15 is 0 Å². The molecule has 0 rings (SSSR count). The van der Waals surface area contributed by atoms with Gasteiger partial charge < -0.3 is 5.21 Å². The standard InChI is InChI=1S/C32H67NO.H4N2/c1-3-5-7-9-11-13-15-17-19-21-23-25-27-29-31-33(34)32-30-28-26-24-22-20-18-16-14-12-10-8-6-4-2;1-2/h34H,3-32H2,1-2H3;1-2H2. The van der Waals surface area contributed by atoms with Gasteiger partial charge in [-0.2, -0.15) is 5.06 Å². The molecule has 0 bridgehead atoms. The second kappa shape index (κ2) is 37.0. The number of nitrogens with two attached hydrogens (primary N) is 2. The molecule has 4 heteroatoms. The van der Waals surface area contributed by atoms with Crippen molar-refractivity contribution in [3.8, 4) is 0 Å². The monoisotopic (exact) mass is 514 g/mol. The van der Waals surface area contributed by atoms with Crippen LogP contribution in [0.2, 0.25) is 0 Å². The molecule has 0 amide bonds. The molecule has 0 atom stereocenters. The van der Waals surface area contributed by atoms with E-state index in [1.165, 1.54) is 167 Å². The highest BCUT2D eigenvalue weighted by Crippen LogP contribution is 2.14. The Balaban J connectivity index is 0. The van der Waals surface area contributed by atoms with Crippen LogP contribution in [-0.4, -0.2) is 23.4 Å². The zero-order chi connectivity index (χ0) is 26.8. The van der Waals surface area contributed by atoms with Gasteiger partial charge in [0.1, 0.15) is 0 Å². The summed E-state index contributed by atoms with van der Waals surface area (Å²) in [5.74, 6) is 8.00. The molecule has 0 unspecified atom stereocenters. The van der Waals surface area contributed by atoms with E-state index in [1.807, 2.05) is 0 Å². The summed E-state index contributed by atoms with van der Waals surface area (Å²) in [4.78, 5) is 0. The van der Waals surface area contributed by atoms with Gasteiger partial charge in [-0.25, -0.2) is 0 Å². The highest BCUT2D eigenvalue weighted by atomic mass is 16.5. The smallest absolute Gasteiger partial charge is 0.0238 e. The number of hydrogen-bond donors (Lipinski definition) is 3. The van der Waals surface area contributed by atoms with Gasteiger partial charge in [-0.3, -0.25) is 11.7 Å². The zero-order valence-electron chi connectivity index (χ0n) is 25.3. The van der Waals surface area contributed by atoms with Crippen LogP contribution in [0.4, 0.5) is 0 Å². The Morgan fingerprint density at radius 1 is 0.333 bits per heavy atom. The van der Waals surface area contributed by atoms with E-state index in [2.05, 4.69) is 25.5 Å². The lowest BCUT2D eigenvalue weighted by molar-refractivity contribution is -0.0925. The van der Waals surface area contributed by atoms with Crippen LogP contribution in [0, 0.1) is 0 Å². The molecule has 0 spiro atoms. The summed E-state index contributed by atoms with van der Waals surface area (Å²) in [5, 5.41) is 11.6. The lowest BCUT2D eigenvalue weighted by atomic mass is 10.0. The predicted octanol–water partition coefficient (Wildman–Crippen LogP) is 10.5. The second-order valence-electron chi connectivity index (χ2n) is 11.1. The Hall–Kier alpha value is -0.160. The number of rotatable bonds is 30. The van der Waals surface area contributed by atoms with E-state index in [9.17, 15) is 5.21 Å². The molecule has 5 N–H and O–H groups in total. The van der Waals surface area contributed by atoms with Crippen LogP contribution in [0.1, 0.15) is 194 Å². The molecule has 0 aromatic heterocycles. The third kappa shape index (κ3) is 36.0. The first-order valence-corrected chi connectivity index (χ1v) is 16.6. The quantitative estimate of drug-likeness (QED) is 0.0507. The molecular weight excluding hydrogens is 442 g/mol. The van der Waals surface area contributed by atoms with Gasteiger partial charge in [-0.15, -0.1) is 0 Å². The average molecular weight is 514 g/mol. The van der Waals surface area contributed by atoms with Crippen LogP contribution in [0.15, 0.2) is 0 Å². The molecule has 0 saturated carbocycles. The van der Waals surface area contributed by atoms with Crippen LogP contribution >= 0.6 is 0 Å². The molecule has 0 aliphatic rings. The number of nitrogens with zero attached hydrogens (tertiary/aromatic N) is 1. The summed E-state index contributed by atoms with van der Waals surface area (Å²) in [6.45, 7) is 6.33. The topological polar surface area (TPSA) is 75.5 Å². The van der Waals surface area contributed by atoms with E-state index in [4.69, 9.17) is 0 Å². The van der Waals surface area contributed by atoms with Crippen molar-refractivity contribution in [2.24, 2.45) is 11.7 Å². The Morgan fingerprint density at radius 2 is 0.500 bits per heavy atom. The van der Waals surface area contributed by atoms with E-state index in [0.29, 0.717) is 0 Å². The van der Waals surface area contributed by atoms with Gasteiger partial charge in [-0.05, 0) is 12.8 Å². The van der Waals surface area contributed by atoms with Crippen LogP contribution in [-0.2, 0) is 0 Å². The first kappa shape index (κ1) is 38.0. The highest BCUT2D eigenvalue weighted by molar-refractivity contribution is 4.53. The minimum absolute atomic E-state index is 0.872. The van der Waals surface area contributed by atoms with Crippen LogP contribution in [0.5, 0.6) is 0 Å². The van der Waals surface area contributed by atoms with Crippen molar-refractivity contribution < 1.29 is 5.21 Å². The lowest BCUT2D eigenvalue weighted by Crippen LogP contribution is -2.21. The van der Waals surface area contributed by atoms with E-state index in [0.717, 1.165) is 25.9 Å². The average Bonchev–Trinajstić information content (AvgIpc) is 2.90. The zero-order valence-corrected chi connectivity index (χ0v) is 25.3. The summed E-state index contributed by atoms with van der Waals surface area (Å²) in [6.07, 6.45) is 39.0. The molecule has 0 aromatic rings. The van der Waals surface area contributed by atoms with Gasteiger partial charge >= 0.3 is 0 Å². The van der Waals surface area contributed by atoms with Crippen molar-refractivity contribution in [2.45, 2.75) is 194 Å². The molecule has 0 heterocycles. The fraction of sp³-hybridized carbons (Fsp3) is 1.00. The van der Waals surface area contributed by atoms with Crippen LogP contribution in [0.25, 0.3) is 0 Å². The van der Waals surface area contributed by atoms with Gasteiger partial charge in [0.25, 0.3) is 0 Å². The van der Waals surface area contributed by atoms with Gasteiger partial charge in [0.15, 0.2) is 0 Å². The van der Waals surface area contributed by atoms with Gasteiger partial charge in [-0.1, -0.05) is 181 Å². The lowest BCUT2D eigenvalue weighted by Gasteiger charge is -2.14. The SMILES string of the molecule is CCCCCCCCCCCCCCCCN(O)CCCCCCCCCCCCCCCC.NN. The molecule has 220 valence electrons. The first-order chi connectivity index (χ1) is 17.8. The van der Waals surface area contributed by atoms with E-state index < -0.39 is 0 Å². The fourth-order valence-corrected chi connectivity index (χ4v) is 5.09. The minimum Gasteiger partial charge on any atom is -0.314 e. The Kier molecular flexibility index (Phi) is 39.0. The molecule has 0 aliphatic heterocycles. The number of hydroxylamine groups is 2. The summed E-state index contributed by atoms with van der Waals surface area (Å²) in [7, 11) is 0. The molecule has 0 aliphatic carbocycles. The summed E-state index contributed by atoms with van der Waals surface area (Å²) >= 11 is 0. The largest absolute Gasteiger partial charge is 0.314 e. The molecule has 0 fully saturated rings. The van der Waals surface area contributed by atoms with Crippen LogP contribution in [0.3, 0.4) is 0 Å². The van der Waals surface area contributed by atoms with Gasteiger partial charge in [0.2, 0.25) is 0 Å². The maximum Gasteiger partial charge on any atom is 0.0238 e. The van der Waals surface area contributed by atoms with Crippen LogP contribution < -0.4 is 11.7 Å². The molecule has 4 nitrogen and oxygen atoms in total. The minimum atomic E-state index is 0.872. The summed E-state index contributed by atoms with van der Waals surface area (Å²) in [5.41, 5.74) is 0. The summed E-state index contributed by atoms with van der Waals surface area (Å²) < 4.78 is 0. The number of hydrazine groups is 1. The maximum absolute atomic E-state index is 10.1. The third-order valence-electron chi connectivity index (χ3n) is 7.54.